The Balaban J connectivity index is 0.00000300. The topological polar surface area (TPSA) is 82.6 Å². The molecular weight excluding hydrogens is 506 g/mol. The van der Waals surface area contributed by atoms with Crippen LogP contribution in [0.15, 0.2) is 58.4 Å². The maximum Gasteiger partial charge on any atom is 0.240 e. The molecule has 6 nitrogen and oxygen atoms in total. The second kappa shape index (κ2) is 10.9. The van der Waals surface area contributed by atoms with E-state index < -0.39 is 10.0 Å². The van der Waals surface area contributed by atoms with Crippen LogP contribution in [0, 0.1) is 5.82 Å². The van der Waals surface area contributed by atoms with E-state index >= 15 is 0 Å². The number of rotatable bonds is 8. The third-order valence-corrected chi connectivity index (χ3v) is 5.95. The van der Waals surface area contributed by atoms with Crippen LogP contribution in [0.2, 0.25) is 0 Å². The minimum atomic E-state index is -3.42. The van der Waals surface area contributed by atoms with Gasteiger partial charge in [-0.15, -0.1) is 24.0 Å². The summed E-state index contributed by atoms with van der Waals surface area (Å²) >= 11 is 0. The Morgan fingerprint density at radius 3 is 2.45 bits per heavy atom. The largest absolute Gasteiger partial charge is 0.356 e. The SMILES string of the molecule is CN=C(NCCc1cccc(F)c1)NCc1ccc(S(=O)(=O)NC2CC2)cc1.I. The number of benzene rings is 2. The molecule has 3 N–H and O–H groups in total. The summed E-state index contributed by atoms with van der Waals surface area (Å²) in [5.41, 5.74) is 1.86. The van der Waals surface area contributed by atoms with Crippen molar-refractivity contribution < 1.29 is 12.8 Å². The van der Waals surface area contributed by atoms with Crippen molar-refractivity contribution in [3.05, 3.63) is 65.5 Å². The monoisotopic (exact) mass is 532 g/mol. The molecule has 1 aliphatic rings. The van der Waals surface area contributed by atoms with E-state index in [4.69, 9.17) is 0 Å². The molecule has 1 fully saturated rings. The lowest BCUT2D eigenvalue weighted by Crippen LogP contribution is -2.37. The van der Waals surface area contributed by atoms with Gasteiger partial charge in [-0.05, 0) is 54.7 Å². The number of nitrogens with one attached hydrogen (secondary N) is 3. The predicted molar refractivity (Wildman–Crippen MR) is 124 cm³/mol. The van der Waals surface area contributed by atoms with Crippen molar-refractivity contribution >= 4 is 40.0 Å². The molecule has 0 spiro atoms. The molecule has 2 aromatic carbocycles. The van der Waals surface area contributed by atoms with Crippen LogP contribution >= 0.6 is 24.0 Å². The number of hydrogen-bond acceptors (Lipinski definition) is 3. The Hall–Kier alpha value is -1.72. The first-order valence-electron chi connectivity index (χ1n) is 9.26. The van der Waals surface area contributed by atoms with Gasteiger partial charge in [-0.25, -0.2) is 17.5 Å². The van der Waals surface area contributed by atoms with Crippen molar-refractivity contribution in [1.29, 1.82) is 0 Å². The first-order valence-corrected chi connectivity index (χ1v) is 10.7. The van der Waals surface area contributed by atoms with Gasteiger partial charge in [-0.2, -0.15) is 0 Å². The Labute approximate surface area is 188 Å². The van der Waals surface area contributed by atoms with Gasteiger partial charge in [0.15, 0.2) is 5.96 Å². The molecular formula is C20H26FIN4O2S. The average molecular weight is 532 g/mol. The van der Waals surface area contributed by atoms with Gasteiger partial charge in [0.05, 0.1) is 4.90 Å². The summed E-state index contributed by atoms with van der Waals surface area (Å²) in [5.74, 6) is 0.390. The molecule has 1 saturated carbocycles. The summed E-state index contributed by atoms with van der Waals surface area (Å²) in [6.07, 6.45) is 2.50. The Kier molecular flexibility index (Phi) is 8.84. The number of sulfonamides is 1. The second-order valence-corrected chi connectivity index (χ2v) is 8.49. The zero-order valence-electron chi connectivity index (χ0n) is 16.2. The van der Waals surface area contributed by atoms with Gasteiger partial charge in [0.1, 0.15) is 5.82 Å². The predicted octanol–water partition coefficient (Wildman–Crippen LogP) is 2.79. The first kappa shape index (κ1) is 23.6. The van der Waals surface area contributed by atoms with Crippen LogP contribution in [0.3, 0.4) is 0 Å². The standard InChI is InChI=1S/C20H25FN4O2S.HI/c1-22-20(23-12-11-15-3-2-4-17(21)13-15)24-14-16-5-9-19(10-6-16)28(26,27)25-18-7-8-18;/h2-6,9-10,13,18,25H,7-8,11-12,14H2,1H3,(H2,22,23,24);1H. The molecule has 1 aliphatic carbocycles. The minimum absolute atomic E-state index is 0. The fraction of sp³-hybridized carbons (Fsp3) is 0.350. The molecule has 0 amide bonds. The highest BCUT2D eigenvalue weighted by Gasteiger charge is 2.27. The zero-order chi connectivity index (χ0) is 20.0. The summed E-state index contributed by atoms with van der Waals surface area (Å²) in [7, 11) is -1.75. The van der Waals surface area contributed by atoms with Crippen molar-refractivity contribution in [3.8, 4) is 0 Å². The third kappa shape index (κ3) is 7.56. The van der Waals surface area contributed by atoms with Crippen molar-refractivity contribution in [2.75, 3.05) is 13.6 Å². The lowest BCUT2D eigenvalue weighted by Gasteiger charge is -2.12. The Bertz CT molecular complexity index is 932. The van der Waals surface area contributed by atoms with Gasteiger partial charge in [0.2, 0.25) is 10.0 Å². The lowest BCUT2D eigenvalue weighted by atomic mass is 10.1. The summed E-state index contributed by atoms with van der Waals surface area (Å²) in [6, 6.07) is 13.4. The molecule has 29 heavy (non-hydrogen) atoms. The summed E-state index contributed by atoms with van der Waals surface area (Å²) in [5, 5.41) is 6.37. The van der Waals surface area contributed by atoms with E-state index in [9.17, 15) is 12.8 Å². The molecule has 0 saturated heterocycles. The average Bonchev–Trinajstić information content (AvgIpc) is 3.48. The molecule has 3 rings (SSSR count). The van der Waals surface area contributed by atoms with E-state index in [-0.39, 0.29) is 40.7 Å². The fourth-order valence-corrected chi connectivity index (χ4v) is 4.00. The molecule has 0 unspecified atom stereocenters. The smallest absolute Gasteiger partial charge is 0.240 e. The molecule has 0 atom stereocenters. The minimum Gasteiger partial charge on any atom is -0.356 e. The first-order chi connectivity index (χ1) is 13.5. The van der Waals surface area contributed by atoms with Gasteiger partial charge in [-0.1, -0.05) is 24.3 Å². The molecule has 0 heterocycles. The van der Waals surface area contributed by atoms with Gasteiger partial charge in [0.25, 0.3) is 0 Å². The van der Waals surface area contributed by atoms with E-state index in [1.807, 2.05) is 6.07 Å². The van der Waals surface area contributed by atoms with Crippen LogP contribution < -0.4 is 15.4 Å². The summed E-state index contributed by atoms with van der Waals surface area (Å²) in [6.45, 7) is 1.13. The van der Waals surface area contributed by atoms with Crippen LogP contribution in [0.1, 0.15) is 24.0 Å². The van der Waals surface area contributed by atoms with Crippen LogP contribution in [0.5, 0.6) is 0 Å². The number of hydrogen-bond donors (Lipinski definition) is 3. The van der Waals surface area contributed by atoms with E-state index in [1.54, 1.807) is 37.4 Å². The molecule has 0 aromatic heterocycles. The quantitative estimate of drug-likeness (QED) is 0.278. The normalized spacial score (nSPS) is 14.2. The highest BCUT2D eigenvalue weighted by molar-refractivity contribution is 14.0. The Morgan fingerprint density at radius 2 is 1.83 bits per heavy atom. The molecule has 158 valence electrons. The maximum absolute atomic E-state index is 13.2. The van der Waals surface area contributed by atoms with Crippen LogP contribution in [-0.2, 0) is 23.0 Å². The Morgan fingerprint density at radius 1 is 1.10 bits per heavy atom. The molecule has 0 radical (unpaired) electrons. The van der Waals surface area contributed by atoms with E-state index in [0.717, 1.165) is 24.0 Å². The van der Waals surface area contributed by atoms with Gasteiger partial charge < -0.3 is 10.6 Å². The molecule has 0 bridgehead atoms. The number of nitrogens with zero attached hydrogens (tertiary/aromatic N) is 1. The summed E-state index contributed by atoms with van der Waals surface area (Å²) < 4.78 is 40.2. The highest BCUT2D eigenvalue weighted by Crippen LogP contribution is 2.22. The maximum atomic E-state index is 13.2. The van der Waals surface area contributed by atoms with Crippen molar-refractivity contribution in [2.24, 2.45) is 4.99 Å². The van der Waals surface area contributed by atoms with E-state index in [1.165, 1.54) is 12.1 Å². The second-order valence-electron chi connectivity index (χ2n) is 6.77. The molecule has 0 aliphatic heterocycles. The molecule has 2 aromatic rings. The highest BCUT2D eigenvalue weighted by atomic mass is 127. The van der Waals surface area contributed by atoms with Gasteiger partial charge >= 0.3 is 0 Å². The number of guanidine groups is 1. The van der Waals surface area contributed by atoms with Crippen molar-refractivity contribution in [3.63, 3.8) is 0 Å². The van der Waals surface area contributed by atoms with Crippen molar-refractivity contribution in [1.82, 2.24) is 15.4 Å². The van der Waals surface area contributed by atoms with Gasteiger partial charge in [-0.3, -0.25) is 4.99 Å². The van der Waals surface area contributed by atoms with Crippen molar-refractivity contribution in [2.45, 2.75) is 36.7 Å². The van der Waals surface area contributed by atoms with E-state index in [2.05, 4.69) is 20.3 Å². The number of aliphatic imine (C=N–C) groups is 1. The zero-order valence-corrected chi connectivity index (χ0v) is 19.3. The van der Waals surface area contributed by atoms with E-state index in [0.29, 0.717) is 25.5 Å². The van der Waals surface area contributed by atoms with Gasteiger partial charge in [0, 0.05) is 26.2 Å². The molecule has 9 heteroatoms. The van der Waals surface area contributed by atoms with Crippen LogP contribution in [0.4, 0.5) is 4.39 Å². The fourth-order valence-electron chi connectivity index (χ4n) is 2.70. The van der Waals surface area contributed by atoms with Crippen LogP contribution in [0.25, 0.3) is 0 Å². The lowest BCUT2D eigenvalue weighted by molar-refractivity contribution is 0.581. The van der Waals surface area contributed by atoms with Crippen LogP contribution in [-0.4, -0.2) is 34.0 Å². The number of halogens is 2. The third-order valence-electron chi connectivity index (χ3n) is 4.41. The summed E-state index contributed by atoms with van der Waals surface area (Å²) in [4.78, 5) is 4.44.